The zero-order chi connectivity index (χ0) is 9.26. The Bertz CT molecular complexity index is 278. The highest BCUT2D eigenvalue weighted by Gasteiger charge is 2.27. The first-order valence-corrected chi connectivity index (χ1v) is 4.69. The topological polar surface area (TPSA) is 41.3 Å². The Labute approximate surface area is 77.8 Å². The van der Waals surface area contributed by atoms with Gasteiger partial charge in [-0.15, -0.1) is 0 Å². The molecular formula is C9H15N3O. The molecule has 2 heterocycles. The van der Waals surface area contributed by atoms with Crippen molar-refractivity contribution in [3.8, 4) is 0 Å². The minimum Gasteiger partial charge on any atom is -0.390 e. The highest BCUT2D eigenvalue weighted by atomic mass is 16.3. The molecule has 1 aliphatic heterocycles. The summed E-state index contributed by atoms with van der Waals surface area (Å²) in [4.78, 5) is 6.40. The fourth-order valence-corrected chi connectivity index (χ4v) is 1.76. The molecule has 0 saturated carbocycles. The fraction of sp³-hybridized carbons (Fsp3) is 0.667. The standard InChI is InChI=1S/C9H15N3O/c1-2-11-4-9(5-11)12-7-10-3-8(12)6-13/h3,7,9,13H,2,4-6H2,1H3. The van der Waals surface area contributed by atoms with Crippen LogP contribution < -0.4 is 0 Å². The van der Waals surface area contributed by atoms with Gasteiger partial charge in [0.1, 0.15) is 0 Å². The molecule has 4 nitrogen and oxygen atoms in total. The molecule has 0 aromatic carbocycles. The van der Waals surface area contributed by atoms with Gasteiger partial charge in [-0.05, 0) is 6.54 Å². The van der Waals surface area contributed by atoms with Crippen molar-refractivity contribution >= 4 is 0 Å². The molecule has 1 aromatic rings. The van der Waals surface area contributed by atoms with Crippen LogP contribution in [0.25, 0.3) is 0 Å². The molecule has 1 aromatic heterocycles. The van der Waals surface area contributed by atoms with Crippen molar-refractivity contribution in [1.29, 1.82) is 0 Å². The quantitative estimate of drug-likeness (QED) is 0.727. The lowest BCUT2D eigenvalue weighted by Crippen LogP contribution is -2.47. The number of nitrogens with zero attached hydrogens (tertiary/aromatic N) is 3. The lowest BCUT2D eigenvalue weighted by Gasteiger charge is -2.39. The molecule has 0 bridgehead atoms. The lowest BCUT2D eigenvalue weighted by molar-refractivity contribution is 0.108. The Morgan fingerprint density at radius 1 is 1.62 bits per heavy atom. The molecule has 1 aliphatic rings. The number of aliphatic hydroxyl groups is 1. The Balaban J connectivity index is 2.02. The van der Waals surface area contributed by atoms with Crippen LogP contribution in [-0.2, 0) is 6.61 Å². The van der Waals surface area contributed by atoms with Crippen LogP contribution >= 0.6 is 0 Å². The maximum absolute atomic E-state index is 9.02. The Morgan fingerprint density at radius 2 is 2.38 bits per heavy atom. The van der Waals surface area contributed by atoms with Gasteiger partial charge in [-0.1, -0.05) is 6.92 Å². The second-order valence-electron chi connectivity index (χ2n) is 3.46. The fourth-order valence-electron chi connectivity index (χ4n) is 1.76. The van der Waals surface area contributed by atoms with Gasteiger partial charge in [0.15, 0.2) is 0 Å². The maximum Gasteiger partial charge on any atom is 0.0952 e. The second-order valence-corrected chi connectivity index (χ2v) is 3.46. The van der Waals surface area contributed by atoms with E-state index in [1.165, 1.54) is 0 Å². The van der Waals surface area contributed by atoms with Crippen molar-refractivity contribution in [3.63, 3.8) is 0 Å². The SMILES string of the molecule is CCN1CC(n2cncc2CO)C1. The normalized spacial score (nSPS) is 18.9. The monoisotopic (exact) mass is 181 g/mol. The smallest absolute Gasteiger partial charge is 0.0952 e. The minimum absolute atomic E-state index is 0.0859. The van der Waals surface area contributed by atoms with Crippen molar-refractivity contribution in [3.05, 3.63) is 18.2 Å². The van der Waals surface area contributed by atoms with Gasteiger partial charge >= 0.3 is 0 Å². The van der Waals surface area contributed by atoms with E-state index in [9.17, 15) is 0 Å². The highest BCUT2D eigenvalue weighted by Crippen LogP contribution is 2.21. The molecule has 0 spiro atoms. The lowest BCUT2D eigenvalue weighted by atomic mass is 10.1. The van der Waals surface area contributed by atoms with Crippen molar-refractivity contribution in [2.45, 2.75) is 19.6 Å². The third kappa shape index (κ3) is 1.47. The van der Waals surface area contributed by atoms with Crippen molar-refractivity contribution in [2.75, 3.05) is 19.6 Å². The Kier molecular flexibility index (Phi) is 2.33. The largest absolute Gasteiger partial charge is 0.390 e. The summed E-state index contributed by atoms with van der Waals surface area (Å²) in [6.07, 6.45) is 3.54. The van der Waals surface area contributed by atoms with Crippen LogP contribution in [0.4, 0.5) is 0 Å². The third-order valence-electron chi connectivity index (χ3n) is 2.69. The molecular weight excluding hydrogens is 166 g/mol. The molecule has 1 fully saturated rings. The van der Waals surface area contributed by atoms with E-state index < -0.39 is 0 Å². The number of imidazole rings is 1. The molecule has 0 unspecified atom stereocenters. The first-order chi connectivity index (χ1) is 6.35. The summed E-state index contributed by atoms with van der Waals surface area (Å²) in [5.74, 6) is 0. The molecule has 0 atom stereocenters. The third-order valence-corrected chi connectivity index (χ3v) is 2.69. The molecule has 2 rings (SSSR count). The van der Waals surface area contributed by atoms with Crippen molar-refractivity contribution < 1.29 is 5.11 Å². The minimum atomic E-state index is 0.0859. The number of aromatic nitrogens is 2. The average Bonchev–Trinajstić information content (AvgIpc) is 2.50. The van der Waals surface area contributed by atoms with E-state index in [0.29, 0.717) is 6.04 Å². The number of likely N-dealkylation sites (N-methyl/N-ethyl adjacent to an activating group) is 1. The van der Waals surface area contributed by atoms with Crippen LogP contribution in [0.15, 0.2) is 12.5 Å². The van der Waals surface area contributed by atoms with E-state index in [1.54, 1.807) is 6.20 Å². The van der Waals surface area contributed by atoms with E-state index in [0.717, 1.165) is 25.3 Å². The molecule has 72 valence electrons. The molecule has 0 radical (unpaired) electrons. The summed E-state index contributed by atoms with van der Waals surface area (Å²) in [5, 5.41) is 9.02. The zero-order valence-corrected chi connectivity index (χ0v) is 7.85. The van der Waals surface area contributed by atoms with E-state index >= 15 is 0 Å². The van der Waals surface area contributed by atoms with Gasteiger partial charge in [0, 0.05) is 13.1 Å². The van der Waals surface area contributed by atoms with Gasteiger partial charge in [0.25, 0.3) is 0 Å². The van der Waals surface area contributed by atoms with E-state index in [1.807, 2.05) is 6.33 Å². The molecule has 13 heavy (non-hydrogen) atoms. The number of likely N-dealkylation sites (tertiary alicyclic amines) is 1. The summed E-state index contributed by atoms with van der Waals surface area (Å²) < 4.78 is 2.08. The van der Waals surface area contributed by atoms with Crippen molar-refractivity contribution in [2.24, 2.45) is 0 Å². The van der Waals surface area contributed by atoms with Crippen LogP contribution in [0.5, 0.6) is 0 Å². The van der Waals surface area contributed by atoms with Crippen LogP contribution in [0, 0.1) is 0 Å². The molecule has 0 aliphatic carbocycles. The maximum atomic E-state index is 9.02. The number of rotatable bonds is 3. The van der Waals surface area contributed by atoms with Crippen molar-refractivity contribution in [1.82, 2.24) is 14.5 Å². The van der Waals surface area contributed by atoms with Crippen LogP contribution in [0.1, 0.15) is 18.7 Å². The van der Waals surface area contributed by atoms with Gasteiger partial charge < -0.3 is 9.67 Å². The van der Waals surface area contributed by atoms with Gasteiger partial charge in [0.2, 0.25) is 0 Å². The highest BCUT2D eigenvalue weighted by molar-refractivity contribution is 5.01. The molecule has 4 heteroatoms. The zero-order valence-electron chi connectivity index (χ0n) is 7.85. The summed E-state index contributed by atoms with van der Waals surface area (Å²) in [7, 11) is 0. The first-order valence-electron chi connectivity index (χ1n) is 4.69. The van der Waals surface area contributed by atoms with E-state index in [4.69, 9.17) is 5.11 Å². The summed E-state index contributed by atoms with van der Waals surface area (Å²) in [6, 6.07) is 0.518. The average molecular weight is 181 g/mol. The Morgan fingerprint density at radius 3 is 3.00 bits per heavy atom. The van der Waals surface area contributed by atoms with Gasteiger partial charge in [-0.3, -0.25) is 4.90 Å². The summed E-state index contributed by atoms with van der Waals surface area (Å²) in [5.41, 5.74) is 0.917. The van der Waals surface area contributed by atoms with Gasteiger partial charge in [-0.25, -0.2) is 4.98 Å². The summed E-state index contributed by atoms with van der Waals surface area (Å²) >= 11 is 0. The predicted molar refractivity (Wildman–Crippen MR) is 49.3 cm³/mol. The predicted octanol–water partition coefficient (Wildman–Crippen LogP) is 0.252. The van der Waals surface area contributed by atoms with Crippen LogP contribution in [0.3, 0.4) is 0 Å². The number of aliphatic hydroxyl groups excluding tert-OH is 1. The first kappa shape index (κ1) is 8.72. The molecule has 0 amide bonds. The molecule has 1 N–H and O–H groups in total. The van der Waals surface area contributed by atoms with Gasteiger partial charge in [0.05, 0.1) is 30.9 Å². The number of hydrogen-bond acceptors (Lipinski definition) is 3. The summed E-state index contributed by atoms with van der Waals surface area (Å²) in [6.45, 7) is 5.53. The second kappa shape index (κ2) is 3.47. The van der Waals surface area contributed by atoms with E-state index in [-0.39, 0.29) is 6.61 Å². The molecule has 1 saturated heterocycles. The Hall–Kier alpha value is -0.870. The van der Waals surface area contributed by atoms with E-state index in [2.05, 4.69) is 21.4 Å². The number of hydrogen-bond donors (Lipinski definition) is 1. The van der Waals surface area contributed by atoms with Crippen LogP contribution in [-0.4, -0.2) is 39.2 Å². The van der Waals surface area contributed by atoms with Gasteiger partial charge in [-0.2, -0.15) is 0 Å². The van der Waals surface area contributed by atoms with Crippen LogP contribution in [0.2, 0.25) is 0 Å².